The van der Waals surface area contributed by atoms with Crippen molar-refractivity contribution >= 4 is 17.5 Å². The zero-order valence-corrected chi connectivity index (χ0v) is 18.8. The lowest BCUT2D eigenvalue weighted by Crippen LogP contribution is -2.29. The maximum Gasteiger partial charge on any atom is 0.273 e. The van der Waals surface area contributed by atoms with Crippen molar-refractivity contribution in [1.29, 1.82) is 0 Å². The van der Waals surface area contributed by atoms with E-state index in [2.05, 4.69) is 15.2 Å². The number of methoxy groups -OCH3 is 2. The normalized spacial score (nSPS) is 14.9. The number of hydrogen-bond acceptors (Lipinski definition) is 5. The van der Waals surface area contributed by atoms with E-state index in [0.29, 0.717) is 34.5 Å². The van der Waals surface area contributed by atoms with Gasteiger partial charge in [0.05, 0.1) is 26.0 Å². The number of halogens is 1. The molecule has 33 heavy (non-hydrogen) atoms. The summed E-state index contributed by atoms with van der Waals surface area (Å²) in [6, 6.07) is 16.6. The quantitative estimate of drug-likeness (QED) is 0.443. The number of aromatic amines is 1. The van der Waals surface area contributed by atoms with Gasteiger partial charge in [0.2, 0.25) is 0 Å². The largest absolute Gasteiger partial charge is 0.493 e. The fourth-order valence-electron chi connectivity index (χ4n) is 4.25. The van der Waals surface area contributed by atoms with Crippen LogP contribution in [0.4, 0.5) is 0 Å². The molecule has 1 unspecified atom stereocenters. The number of aromatic nitrogens is 3. The predicted molar refractivity (Wildman–Crippen MR) is 125 cm³/mol. The Morgan fingerprint density at radius 3 is 2.55 bits per heavy atom. The van der Waals surface area contributed by atoms with E-state index in [4.69, 9.17) is 21.1 Å². The van der Waals surface area contributed by atoms with Crippen molar-refractivity contribution in [2.24, 2.45) is 0 Å². The number of fused-ring (bicyclic) bond motifs is 1. The highest BCUT2D eigenvalue weighted by Crippen LogP contribution is 2.45. The third-order valence-corrected chi connectivity index (χ3v) is 6.03. The molecule has 1 N–H and O–H groups in total. The van der Waals surface area contributed by atoms with E-state index in [-0.39, 0.29) is 11.9 Å². The summed E-state index contributed by atoms with van der Waals surface area (Å²) >= 11 is 6.09. The highest BCUT2D eigenvalue weighted by atomic mass is 35.5. The molecule has 0 spiro atoms. The minimum atomic E-state index is -0.378. The molecule has 0 aliphatic carbocycles. The predicted octanol–water partition coefficient (Wildman–Crippen LogP) is 4.89. The molecule has 166 valence electrons. The Labute approximate surface area is 195 Å². The van der Waals surface area contributed by atoms with Gasteiger partial charge in [-0.1, -0.05) is 35.9 Å². The minimum Gasteiger partial charge on any atom is -0.493 e. The molecule has 5 rings (SSSR count). The van der Waals surface area contributed by atoms with E-state index in [0.717, 1.165) is 22.3 Å². The molecule has 4 aromatic rings. The van der Waals surface area contributed by atoms with E-state index in [9.17, 15) is 4.79 Å². The molecule has 0 bridgehead atoms. The minimum absolute atomic E-state index is 0.124. The first-order chi connectivity index (χ1) is 16.1. The second-order valence-electron chi connectivity index (χ2n) is 7.68. The molecule has 7 nitrogen and oxygen atoms in total. The monoisotopic (exact) mass is 460 g/mol. The molecular weight excluding hydrogens is 440 g/mol. The first-order valence-electron chi connectivity index (χ1n) is 10.4. The Morgan fingerprint density at radius 2 is 1.85 bits per heavy atom. The molecule has 2 aromatic heterocycles. The van der Waals surface area contributed by atoms with E-state index in [1.54, 1.807) is 26.6 Å². The number of amides is 1. The molecule has 2 aromatic carbocycles. The molecule has 0 radical (unpaired) electrons. The van der Waals surface area contributed by atoms with Gasteiger partial charge in [-0.05, 0) is 41.5 Å². The summed E-state index contributed by atoms with van der Waals surface area (Å²) in [5.74, 6) is 1.09. The van der Waals surface area contributed by atoms with Crippen LogP contribution in [0.25, 0.3) is 11.3 Å². The Kier molecular flexibility index (Phi) is 5.48. The van der Waals surface area contributed by atoms with Crippen molar-refractivity contribution < 1.29 is 14.3 Å². The summed E-state index contributed by atoms with van der Waals surface area (Å²) in [6.07, 6.45) is 3.48. The zero-order valence-electron chi connectivity index (χ0n) is 18.1. The summed E-state index contributed by atoms with van der Waals surface area (Å²) in [7, 11) is 3.19. The van der Waals surface area contributed by atoms with Crippen molar-refractivity contribution in [2.45, 2.75) is 12.6 Å². The van der Waals surface area contributed by atoms with E-state index < -0.39 is 0 Å². The number of benzene rings is 2. The van der Waals surface area contributed by atoms with Crippen molar-refractivity contribution in [3.8, 4) is 22.8 Å². The fourth-order valence-corrected chi connectivity index (χ4v) is 4.37. The highest BCUT2D eigenvalue weighted by Gasteiger charge is 2.42. The summed E-state index contributed by atoms with van der Waals surface area (Å²) in [4.78, 5) is 19.5. The SMILES string of the molecule is COc1ccc(C2c3c(-c4ccc(Cl)cc4)n[nH]c3C(=O)N2Cc2cccnc2)cc1OC. The van der Waals surface area contributed by atoms with Crippen LogP contribution in [0.15, 0.2) is 67.0 Å². The summed E-state index contributed by atoms with van der Waals surface area (Å²) in [6.45, 7) is 0.397. The second kappa shape index (κ2) is 8.60. The number of nitrogens with one attached hydrogen (secondary N) is 1. The van der Waals surface area contributed by atoms with Gasteiger partial charge in [-0.25, -0.2) is 0 Å². The average Bonchev–Trinajstić information content (AvgIpc) is 3.39. The number of H-pyrrole nitrogens is 1. The Hall–Kier alpha value is -3.84. The maximum absolute atomic E-state index is 13.5. The summed E-state index contributed by atoms with van der Waals surface area (Å²) in [5.41, 5.74) is 4.70. The first-order valence-corrected chi connectivity index (χ1v) is 10.7. The van der Waals surface area contributed by atoms with Crippen LogP contribution in [0.1, 0.15) is 33.2 Å². The number of carbonyl (C=O) groups is 1. The Balaban J connectivity index is 1.66. The molecule has 1 atom stereocenters. The number of ether oxygens (including phenoxy) is 2. The number of carbonyl (C=O) groups excluding carboxylic acids is 1. The van der Waals surface area contributed by atoms with Gasteiger partial charge in [0, 0.05) is 35.1 Å². The van der Waals surface area contributed by atoms with Gasteiger partial charge in [-0.3, -0.25) is 14.9 Å². The molecule has 0 saturated heterocycles. The van der Waals surface area contributed by atoms with Gasteiger partial charge in [-0.2, -0.15) is 5.10 Å². The molecule has 1 aliphatic heterocycles. The number of rotatable bonds is 6. The van der Waals surface area contributed by atoms with Gasteiger partial charge < -0.3 is 14.4 Å². The second-order valence-corrected chi connectivity index (χ2v) is 8.12. The van der Waals surface area contributed by atoms with Crippen molar-refractivity contribution in [2.75, 3.05) is 14.2 Å². The smallest absolute Gasteiger partial charge is 0.273 e. The highest BCUT2D eigenvalue weighted by molar-refractivity contribution is 6.30. The van der Waals surface area contributed by atoms with Crippen LogP contribution in [0.5, 0.6) is 11.5 Å². The van der Waals surface area contributed by atoms with Crippen molar-refractivity contribution in [1.82, 2.24) is 20.1 Å². The molecular formula is C25H21ClN4O3. The van der Waals surface area contributed by atoms with Crippen molar-refractivity contribution in [3.63, 3.8) is 0 Å². The van der Waals surface area contributed by atoms with Gasteiger partial charge in [0.15, 0.2) is 11.5 Å². The van der Waals surface area contributed by atoms with Gasteiger partial charge >= 0.3 is 0 Å². The first kappa shape index (κ1) is 21.0. The number of hydrogen-bond donors (Lipinski definition) is 1. The maximum atomic E-state index is 13.5. The molecule has 0 fully saturated rings. The van der Waals surface area contributed by atoms with Crippen LogP contribution < -0.4 is 9.47 Å². The fraction of sp³-hybridized carbons (Fsp3) is 0.160. The Morgan fingerprint density at radius 1 is 1.06 bits per heavy atom. The molecule has 0 saturated carbocycles. The summed E-state index contributed by atoms with van der Waals surface area (Å²) < 4.78 is 10.9. The third-order valence-electron chi connectivity index (χ3n) is 5.78. The van der Waals surface area contributed by atoms with Gasteiger partial charge in [0.1, 0.15) is 5.69 Å². The lowest BCUT2D eigenvalue weighted by Gasteiger charge is -2.27. The van der Waals surface area contributed by atoms with Crippen LogP contribution in [0.3, 0.4) is 0 Å². The van der Waals surface area contributed by atoms with Gasteiger partial charge in [0.25, 0.3) is 5.91 Å². The van der Waals surface area contributed by atoms with Gasteiger partial charge in [-0.15, -0.1) is 0 Å². The standard InChI is InChI=1S/C25H21ClN4O3/c1-32-19-10-7-17(12-20(19)33-2)24-21-22(16-5-8-18(26)9-6-16)28-29-23(21)25(31)30(24)14-15-4-3-11-27-13-15/h3-13,24H,14H2,1-2H3,(H,28,29). The molecule has 1 aliphatic rings. The number of pyridine rings is 1. The molecule has 8 heteroatoms. The van der Waals surface area contributed by atoms with Crippen LogP contribution >= 0.6 is 11.6 Å². The van der Waals surface area contributed by atoms with E-state index in [1.165, 1.54) is 0 Å². The average molecular weight is 461 g/mol. The van der Waals surface area contributed by atoms with Crippen LogP contribution in [-0.4, -0.2) is 40.2 Å². The van der Waals surface area contributed by atoms with E-state index in [1.807, 2.05) is 59.5 Å². The Bertz CT molecular complexity index is 1310. The van der Waals surface area contributed by atoms with Crippen LogP contribution in [0, 0.1) is 0 Å². The summed E-state index contributed by atoms with van der Waals surface area (Å²) in [5, 5.41) is 8.10. The van der Waals surface area contributed by atoms with Crippen LogP contribution in [-0.2, 0) is 6.54 Å². The van der Waals surface area contributed by atoms with E-state index >= 15 is 0 Å². The lowest BCUT2D eigenvalue weighted by molar-refractivity contribution is 0.0729. The third kappa shape index (κ3) is 3.70. The van der Waals surface area contributed by atoms with Crippen molar-refractivity contribution in [3.05, 3.63) is 94.4 Å². The zero-order chi connectivity index (χ0) is 22.9. The molecule has 3 heterocycles. The topological polar surface area (TPSA) is 80.3 Å². The lowest BCUT2D eigenvalue weighted by atomic mass is 9.95. The van der Waals surface area contributed by atoms with Crippen LogP contribution in [0.2, 0.25) is 5.02 Å². The molecule has 1 amide bonds. The number of nitrogens with zero attached hydrogens (tertiary/aromatic N) is 3.